The number of rotatable bonds is 3. The van der Waals surface area contributed by atoms with Crippen molar-refractivity contribution in [1.82, 2.24) is 4.98 Å². The van der Waals surface area contributed by atoms with E-state index < -0.39 is 0 Å². The number of nitrogens with two attached hydrogens (primary N) is 1. The Bertz CT molecular complexity index is 737. The molecule has 1 amide bonds. The second kappa shape index (κ2) is 6.29. The number of hydrogen-bond donors (Lipinski definition) is 2. The highest BCUT2D eigenvalue weighted by Gasteiger charge is 2.11. The Morgan fingerprint density at radius 1 is 1.43 bits per heavy atom. The molecule has 1 heterocycles. The first-order valence-corrected chi connectivity index (χ1v) is 7.40. The molecule has 0 spiro atoms. The predicted molar refractivity (Wildman–Crippen MR) is 84.9 cm³/mol. The van der Waals surface area contributed by atoms with Crippen molar-refractivity contribution in [3.63, 3.8) is 0 Å². The van der Waals surface area contributed by atoms with Crippen LogP contribution in [-0.2, 0) is 4.79 Å². The lowest BCUT2D eigenvalue weighted by Gasteiger charge is -2.09. The SMILES string of the molecule is CSc1cc(-c2cccc(NC(C)=O)c2)nc(N)c1C#N. The van der Waals surface area contributed by atoms with Crippen LogP contribution in [0.25, 0.3) is 11.3 Å². The number of amides is 1. The molecule has 5 nitrogen and oxygen atoms in total. The number of nitrogen functional groups attached to an aromatic ring is 1. The topological polar surface area (TPSA) is 91.8 Å². The molecule has 0 aliphatic carbocycles. The van der Waals surface area contributed by atoms with Gasteiger partial charge >= 0.3 is 0 Å². The van der Waals surface area contributed by atoms with E-state index in [2.05, 4.69) is 16.4 Å². The van der Waals surface area contributed by atoms with Gasteiger partial charge in [-0.2, -0.15) is 5.26 Å². The summed E-state index contributed by atoms with van der Waals surface area (Å²) in [5.41, 5.74) is 8.43. The molecular weight excluding hydrogens is 284 g/mol. The van der Waals surface area contributed by atoms with Gasteiger partial charge in [0.15, 0.2) is 0 Å². The fourth-order valence-corrected chi connectivity index (χ4v) is 2.51. The Kier molecular flexibility index (Phi) is 4.45. The van der Waals surface area contributed by atoms with Gasteiger partial charge in [-0.3, -0.25) is 4.79 Å². The maximum absolute atomic E-state index is 11.1. The van der Waals surface area contributed by atoms with Crippen LogP contribution >= 0.6 is 11.8 Å². The van der Waals surface area contributed by atoms with E-state index >= 15 is 0 Å². The van der Waals surface area contributed by atoms with Crippen molar-refractivity contribution < 1.29 is 4.79 Å². The van der Waals surface area contributed by atoms with Gasteiger partial charge in [0.25, 0.3) is 0 Å². The number of aromatic nitrogens is 1. The van der Waals surface area contributed by atoms with E-state index in [-0.39, 0.29) is 11.7 Å². The summed E-state index contributed by atoms with van der Waals surface area (Å²) in [7, 11) is 0. The van der Waals surface area contributed by atoms with E-state index in [9.17, 15) is 4.79 Å². The van der Waals surface area contributed by atoms with Crippen LogP contribution in [0.15, 0.2) is 35.2 Å². The van der Waals surface area contributed by atoms with Crippen LogP contribution in [0.5, 0.6) is 0 Å². The fourth-order valence-electron chi connectivity index (χ4n) is 1.92. The van der Waals surface area contributed by atoms with Gasteiger partial charge in [0.1, 0.15) is 17.5 Å². The minimum atomic E-state index is -0.135. The highest BCUT2D eigenvalue weighted by atomic mass is 32.2. The summed E-state index contributed by atoms with van der Waals surface area (Å²) in [5, 5.41) is 11.8. The first-order chi connectivity index (χ1) is 10.0. The lowest BCUT2D eigenvalue weighted by atomic mass is 10.1. The minimum absolute atomic E-state index is 0.135. The van der Waals surface area contributed by atoms with Gasteiger partial charge in [-0.1, -0.05) is 12.1 Å². The van der Waals surface area contributed by atoms with Crippen molar-refractivity contribution in [2.75, 3.05) is 17.3 Å². The third kappa shape index (κ3) is 3.33. The number of nitrogens with zero attached hydrogens (tertiary/aromatic N) is 2. The van der Waals surface area contributed by atoms with E-state index in [0.717, 1.165) is 10.5 Å². The van der Waals surface area contributed by atoms with Crippen molar-refractivity contribution in [2.45, 2.75) is 11.8 Å². The second-order valence-corrected chi connectivity index (χ2v) is 5.19. The number of carbonyl (C=O) groups is 1. The van der Waals surface area contributed by atoms with E-state index in [1.54, 1.807) is 6.07 Å². The van der Waals surface area contributed by atoms with Crippen molar-refractivity contribution in [3.05, 3.63) is 35.9 Å². The van der Waals surface area contributed by atoms with Gasteiger partial charge in [0.2, 0.25) is 5.91 Å². The molecule has 0 aliphatic rings. The Hall–Kier alpha value is -2.52. The van der Waals surface area contributed by atoms with E-state index in [0.29, 0.717) is 16.9 Å². The largest absolute Gasteiger partial charge is 0.383 e. The molecule has 3 N–H and O–H groups in total. The Balaban J connectivity index is 2.50. The third-order valence-corrected chi connectivity index (χ3v) is 3.58. The van der Waals surface area contributed by atoms with Gasteiger partial charge in [0.05, 0.1) is 5.69 Å². The average Bonchev–Trinajstić information content (AvgIpc) is 2.45. The average molecular weight is 298 g/mol. The molecule has 0 saturated carbocycles. The van der Waals surface area contributed by atoms with E-state index in [4.69, 9.17) is 11.0 Å². The van der Waals surface area contributed by atoms with Crippen molar-refractivity contribution >= 4 is 29.2 Å². The quantitative estimate of drug-likeness (QED) is 0.850. The van der Waals surface area contributed by atoms with Gasteiger partial charge in [-0.15, -0.1) is 11.8 Å². The summed E-state index contributed by atoms with van der Waals surface area (Å²) in [6.45, 7) is 1.45. The third-order valence-electron chi connectivity index (χ3n) is 2.82. The number of hydrogen-bond acceptors (Lipinski definition) is 5. The Morgan fingerprint density at radius 2 is 2.19 bits per heavy atom. The highest BCUT2D eigenvalue weighted by Crippen LogP contribution is 2.30. The van der Waals surface area contributed by atoms with Crippen LogP contribution in [0, 0.1) is 11.3 Å². The number of benzene rings is 1. The molecule has 106 valence electrons. The molecule has 6 heteroatoms. The number of carbonyl (C=O) groups excluding carboxylic acids is 1. The summed E-state index contributed by atoms with van der Waals surface area (Å²) < 4.78 is 0. The smallest absolute Gasteiger partial charge is 0.221 e. The van der Waals surface area contributed by atoms with E-state index in [1.807, 2.05) is 30.5 Å². The Labute approximate surface area is 127 Å². The first-order valence-electron chi connectivity index (χ1n) is 6.17. The number of pyridine rings is 1. The summed E-state index contributed by atoms with van der Waals surface area (Å²) in [4.78, 5) is 16.2. The van der Waals surface area contributed by atoms with Crippen LogP contribution in [0.4, 0.5) is 11.5 Å². The summed E-state index contributed by atoms with van der Waals surface area (Å²) in [5.74, 6) is 0.0773. The molecule has 21 heavy (non-hydrogen) atoms. The van der Waals surface area contributed by atoms with Crippen LogP contribution < -0.4 is 11.1 Å². The molecule has 1 aromatic carbocycles. The molecular formula is C15H14N4OS. The Morgan fingerprint density at radius 3 is 2.81 bits per heavy atom. The number of nitriles is 1. The van der Waals surface area contributed by atoms with Crippen molar-refractivity contribution in [1.29, 1.82) is 5.26 Å². The number of thioether (sulfide) groups is 1. The molecule has 1 aromatic heterocycles. The normalized spacial score (nSPS) is 9.95. The summed E-state index contributed by atoms with van der Waals surface area (Å²) in [6, 6.07) is 11.2. The lowest BCUT2D eigenvalue weighted by Crippen LogP contribution is -2.05. The van der Waals surface area contributed by atoms with Crippen LogP contribution in [-0.4, -0.2) is 17.1 Å². The van der Waals surface area contributed by atoms with Crippen LogP contribution in [0.1, 0.15) is 12.5 Å². The zero-order chi connectivity index (χ0) is 15.4. The van der Waals surface area contributed by atoms with Crippen molar-refractivity contribution in [2.24, 2.45) is 0 Å². The first kappa shape index (κ1) is 14.9. The monoisotopic (exact) mass is 298 g/mol. The molecule has 0 radical (unpaired) electrons. The molecule has 0 bridgehead atoms. The van der Waals surface area contributed by atoms with Crippen molar-refractivity contribution in [3.8, 4) is 17.3 Å². The predicted octanol–water partition coefficient (Wildman–Crippen LogP) is 2.88. The molecule has 0 saturated heterocycles. The zero-order valence-electron chi connectivity index (χ0n) is 11.7. The lowest BCUT2D eigenvalue weighted by molar-refractivity contribution is -0.114. The number of nitrogens with one attached hydrogen (secondary N) is 1. The molecule has 2 aromatic rings. The van der Waals surface area contributed by atoms with Crippen LogP contribution in [0.3, 0.4) is 0 Å². The van der Waals surface area contributed by atoms with Gasteiger partial charge in [0, 0.05) is 23.1 Å². The molecule has 0 fully saturated rings. The van der Waals surface area contributed by atoms with Crippen LogP contribution in [0.2, 0.25) is 0 Å². The van der Waals surface area contributed by atoms with Gasteiger partial charge in [-0.05, 0) is 24.5 Å². The minimum Gasteiger partial charge on any atom is -0.383 e. The maximum Gasteiger partial charge on any atom is 0.221 e. The molecule has 2 rings (SSSR count). The molecule has 0 atom stereocenters. The van der Waals surface area contributed by atoms with Gasteiger partial charge in [-0.25, -0.2) is 4.98 Å². The summed E-state index contributed by atoms with van der Waals surface area (Å²) in [6.07, 6.45) is 1.88. The number of anilines is 2. The summed E-state index contributed by atoms with van der Waals surface area (Å²) >= 11 is 1.45. The molecule has 0 unspecified atom stereocenters. The standard InChI is InChI=1S/C15H14N4OS/c1-9(20)18-11-5-3-4-10(6-11)13-7-14(21-2)12(8-16)15(17)19-13/h3-7H,1-2H3,(H2,17,19)(H,18,20). The zero-order valence-corrected chi connectivity index (χ0v) is 12.5. The van der Waals surface area contributed by atoms with Gasteiger partial charge < -0.3 is 11.1 Å². The highest BCUT2D eigenvalue weighted by molar-refractivity contribution is 7.98. The maximum atomic E-state index is 11.1. The fraction of sp³-hybridized carbons (Fsp3) is 0.133. The second-order valence-electron chi connectivity index (χ2n) is 4.34. The van der Waals surface area contributed by atoms with E-state index in [1.165, 1.54) is 18.7 Å². The molecule has 0 aliphatic heterocycles.